The maximum atomic E-state index is 12.3. The Bertz CT molecular complexity index is 712. The Balaban J connectivity index is 2.42. The summed E-state index contributed by atoms with van der Waals surface area (Å²) >= 11 is 0. The Hall–Kier alpha value is -2.89. The number of ether oxygens (including phenoxy) is 2. The van der Waals surface area contributed by atoms with Gasteiger partial charge in [0.2, 0.25) is 0 Å². The fourth-order valence-electron chi connectivity index (χ4n) is 2.02. The van der Waals surface area contributed by atoms with Crippen LogP contribution in [0.1, 0.15) is 11.1 Å². The Morgan fingerprint density at radius 3 is 2.39 bits per heavy atom. The van der Waals surface area contributed by atoms with E-state index in [-0.39, 0.29) is 17.1 Å². The Kier molecular flexibility index (Phi) is 5.30. The number of methoxy groups -OCH3 is 1. The molecule has 2 aromatic carbocycles. The summed E-state index contributed by atoms with van der Waals surface area (Å²) in [6.07, 6.45) is 1.44. The van der Waals surface area contributed by atoms with Crippen LogP contribution in [-0.4, -0.2) is 24.8 Å². The molecule has 0 spiro atoms. The van der Waals surface area contributed by atoms with Gasteiger partial charge in [-0.2, -0.15) is 8.78 Å². The maximum Gasteiger partial charge on any atom is 0.387 e. The normalized spacial score (nSPS) is 11.4. The first-order chi connectivity index (χ1) is 11.0. The van der Waals surface area contributed by atoms with Gasteiger partial charge >= 0.3 is 12.6 Å². The van der Waals surface area contributed by atoms with Gasteiger partial charge in [-0.25, -0.2) is 4.79 Å². The van der Waals surface area contributed by atoms with E-state index in [2.05, 4.69) is 4.74 Å². The lowest BCUT2D eigenvalue weighted by Crippen LogP contribution is -2.03. The zero-order chi connectivity index (χ0) is 16.8. The quantitative estimate of drug-likeness (QED) is 0.647. The van der Waals surface area contributed by atoms with E-state index < -0.39 is 12.6 Å². The van der Waals surface area contributed by atoms with Crippen molar-refractivity contribution < 1.29 is 28.2 Å². The number of hydrogen-bond donors (Lipinski definition) is 1. The smallest absolute Gasteiger partial charge is 0.387 e. The lowest BCUT2D eigenvalue weighted by Gasteiger charge is -2.10. The molecule has 0 aliphatic rings. The van der Waals surface area contributed by atoms with Crippen molar-refractivity contribution in [3.8, 4) is 11.5 Å². The molecule has 0 radical (unpaired) electrons. The zero-order valence-corrected chi connectivity index (χ0v) is 12.2. The van der Waals surface area contributed by atoms with E-state index in [0.29, 0.717) is 11.1 Å². The molecule has 0 fully saturated rings. The van der Waals surface area contributed by atoms with Gasteiger partial charge in [0, 0.05) is 0 Å². The average molecular weight is 320 g/mol. The van der Waals surface area contributed by atoms with Crippen molar-refractivity contribution in [2.45, 2.75) is 6.61 Å². The molecule has 0 saturated carbocycles. The highest BCUT2D eigenvalue weighted by Gasteiger charge is 2.13. The van der Waals surface area contributed by atoms with Gasteiger partial charge in [-0.05, 0) is 29.3 Å². The minimum Gasteiger partial charge on any atom is -0.493 e. The van der Waals surface area contributed by atoms with Crippen molar-refractivity contribution >= 4 is 17.6 Å². The minimum absolute atomic E-state index is 0.0789. The van der Waals surface area contributed by atoms with Crippen LogP contribution in [0, 0.1) is 0 Å². The highest BCUT2D eigenvalue weighted by molar-refractivity contribution is 6.20. The van der Waals surface area contributed by atoms with E-state index in [9.17, 15) is 18.7 Å². The molecular weight excluding hydrogens is 306 g/mol. The van der Waals surface area contributed by atoms with Crippen LogP contribution in [0.5, 0.6) is 11.5 Å². The molecule has 0 atom stereocenters. The van der Waals surface area contributed by atoms with Crippen LogP contribution in [0.2, 0.25) is 0 Å². The molecule has 0 aromatic heterocycles. The molecule has 2 rings (SSSR count). The molecule has 0 unspecified atom stereocenters. The number of hydrogen-bond acceptors (Lipinski definition) is 3. The van der Waals surface area contributed by atoms with E-state index in [0.717, 1.165) is 0 Å². The number of halogens is 2. The van der Waals surface area contributed by atoms with E-state index in [1.54, 1.807) is 30.3 Å². The Morgan fingerprint density at radius 1 is 1.13 bits per heavy atom. The molecule has 23 heavy (non-hydrogen) atoms. The average Bonchev–Trinajstić information content (AvgIpc) is 2.53. The first-order valence-electron chi connectivity index (χ1n) is 6.64. The van der Waals surface area contributed by atoms with Crippen LogP contribution in [-0.2, 0) is 4.79 Å². The summed E-state index contributed by atoms with van der Waals surface area (Å²) in [5.41, 5.74) is 1.10. The summed E-state index contributed by atoms with van der Waals surface area (Å²) in [6.45, 7) is -2.97. The first kappa shape index (κ1) is 16.5. The van der Waals surface area contributed by atoms with Gasteiger partial charge in [0.25, 0.3) is 0 Å². The summed E-state index contributed by atoms with van der Waals surface area (Å²) in [4.78, 5) is 11.4. The Labute approximate surface area is 131 Å². The van der Waals surface area contributed by atoms with E-state index in [4.69, 9.17) is 4.74 Å². The third-order valence-corrected chi connectivity index (χ3v) is 3.03. The van der Waals surface area contributed by atoms with Gasteiger partial charge in [-0.15, -0.1) is 0 Å². The Morgan fingerprint density at radius 2 is 1.83 bits per heavy atom. The monoisotopic (exact) mass is 320 g/mol. The molecule has 4 nitrogen and oxygen atoms in total. The fourth-order valence-corrected chi connectivity index (χ4v) is 2.02. The fraction of sp³-hybridized carbons (Fsp3) is 0.118. The highest BCUT2D eigenvalue weighted by atomic mass is 19.3. The van der Waals surface area contributed by atoms with Gasteiger partial charge in [-0.3, -0.25) is 0 Å². The predicted octanol–water partition coefficient (Wildman–Crippen LogP) is 3.92. The molecular formula is C17H14F2O4. The lowest BCUT2D eigenvalue weighted by molar-refractivity contribution is -0.130. The molecule has 0 aliphatic heterocycles. The van der Waals surface area contributed by atoms with Gasteiger partial charge in [-0.1, -0.05) is 36.4 Å². The zero-order valence-electron chi connectivity index (χ0n) is 12.2. The van der Waals surface area contributed by atoms with Crippen molar-refractivity contribution in [2.75, 3.05) is 7.11 Å². The van der Waals surface area contributed by atoms with Crippen LogP contribution in [0.3, 0.4) is 0 Å². The summed E-state index contributed by atoms with van der Waals surface area (Å²) in [6, 6.07) is 12.8. The summed E-state index contributed by atoms with van der Waals surface area (Å²) in [7, 11) is 1.32. The van der Waals surface area contributed by atoms with Crippen LogP contribution >= 0.6 is 0 Å². The first-order valence-corrected chi connectivity index (χ1v) is 6.64. The molecule has 2 aromatic rings. The molecule has 0 amide bonds. The molecule has 1 N–H and O–H groups in total. The van der Waals surface area contributed by atoms with Crippen LogP contribution < -0.4 is 9.47 Å². The van der Waals surface area contributed by atoms with Crippen LogP contribution in [0.4, 0.5) is 8.78 Å². The maximum absolute atomic E-state index is 12.3. The summed E-state index contributed by atoms with van der Waals surface area (Å²) in [5, 5.41) is 9.36. The van der Waals surface area contributed by atoms with Crippen LogP contribution in [0.15, 0.2) is 48.5 Å². The van der Waals surface area contributed by atoms with Crippen molar-refractivity contribution in [2.24, 2.45) is 0 Å². The van der Waals surface area contributed by atoms with E-state index >= 15 is 0 Å². The lowest BCUT2D eigenvalue weighted by atomic mass is 10.0. The minimum atomic E-state index is -2.97. The number of carboxylic acid groups (broad SMARTS) is 1. The molecule has 0 aliphatic carbocycles. The van der Waals surface area contributed by atoms with Gasteiger partial charge < -0.3 is 14.6 Å². The second-order valence-corrected chi connectivity index (χ2v) is 4.52. The molecule has 0 heterocycles. The number of alkyl halides is 2. The SMILES string of the molecule is COc1cc(/C=C(/C(=O)O)c2ccccc2)ccc1OC(F)F. The van der Waals surface area contributed by atoms with Crippen molar-refractivity contribution in [3.05, 3.63) is 59.7 Å². The van der Waals surface area contributed by atoms with Gasteiger partial charge in [0.1, 0.15) is 0 Å². The van der Waals surface area contributed by atoms with Crippen molar-refractivity contribution in [3.63, 3.8) is 0 Å². The van der Waals surface area contributed by atoms with Crippen molar-refractivity contribution in [1.29, 1.82) is 0 Å². The highest BCUT2D eigenvalue weighted by Crippen LogP contribution is 2.31. The largest absolute Gasteiger partial charge is 0.493 e. The second kappa shape index (κ2) is 7.40. The number of benzene rings is 2. The topological polar surface area (TPSA) is 55.8 Å². The van der Waals surface area contributed by atoms with Crippen molar-refractivity contribution in [1.82, 2.24) is 0 Å². The number of aliphatic carboxylic acids is 1. The van der Waals surface area contributed by atoms with E-state index in [1.165, 1.54) is 31.4 Å². The van der Waals surface area contributed by atoms with Gasteiger partial charge in [0.05, 0.1) is 12.7 Å². The molecule has 120 valence electrons. The number of carbonyl (C=O) groups is 1. The standard InChI is InChI=1S/C17H14F2O4/c1-22-15-10-11(7-8-14(15)23-17(18)19)9-13(16(20)21)12-5-3-2-4-6-12/h2-10,17H,1H3,(H,20,21)/b13-9+. The summed E-state index contributed by atoms with van der Waals surface area (Å²) < 4.78 is 33.9. The molecule has 0 saturated heterocycles. The summed E-state index contributed by atoms with van der Waals surface area (Å²) in [5.74, 6) is -1.11. The number of rotatable bonds is 6. The molecule has 0 bridgehead atoms. The van der Waals surface area contributed by atoms with Gasteiger partial charge in [0.15, 0.2) is 11.5 Å². The third kappa shape index (κ3) is 4.29. The van der Waals surface area contributed by atoms with E-state index in [1.807, 2.05) is 0 Å². The van der Waals surface area contributed by atoms with Crippen LogP contribution in [0.25, 0.3) is 11.6 Å². The molecule has 6 heteroatoms. The third-order valence-electron chi connectivity index (χ3n) is 3.03. The number of carboxylic acids is 1. The second-order valence-electron chi connectivity index (χ2n) is 4.52. The predicted molar refractivity (Wildman–Crippen MR) is 81.6 cm³/mol.